The first kappa shape index (κ1) is 15.9. The van der Waals surface area contributed by atoms with Crippen molar-refractivity contribution in [2.45, 2.75) is 37.3 Å². The molecule has 0 amide bonds. The number of nitrogens with one attached hydrogen (secondary N) is 1. The molecule has 20 heavy (non-hydrogen) atoms. The topological polar surface area (TPSA) is 49.4 Å². The zero-order valence-electron chi connectivity index (χ0n) is 12.3. The van der Waals surface area contributed by atoms with Gasteiger partial charge in [-0.25, -0.2) is 8.42 Å². The van der Waals surface area contributed by atoms with E-state index in [1.165, 1.54) is 11.3 Å². The number of nitrogens with zero attached hydrogens (tertiary/aromatic N) is 1. The summed E-state index contributed by atoms with van der Waals surface area (Å²) in [6.45, 7) is 7.43. The molecule has 1 N–H and O–H groups in total. The Labute approximate surface area is 126 Å². The minimum Gasteiger partial charge on any atom is -0.317 e. The zero-order valence-corrected chi connectivity index (χ0v) is 13.9. The third-order valence-corrected chi connectivity index (χ3v) is 7.28. The van der Waals surface area contributed by atoms with Crippen LogP contribution in [-0.4, -0.2) is 38.9 Å². The summed E-state index contributed by atoms with van der Waals surface area (Å²) in [4.78, 5) is 1.13. The first-order chi connectivity index (χ1) is 9.54. The van der Waals surface area contributed by atoms with E-state index >= 15 is 0 Å². The van der Waals surface area contributed by atoms with Crippen LogP contribution >= 0.6 is 11.3 Å². The van der Waals surface area contributed by atoms with Crippen LogP contribution in [0.1, 0.15) is 31.6 Å². The molecule has 2 heterocycles. The van der Waals surface area contributed by atoms with Crippen LogP contribution in [0.2, 0.25) is 0 Å². The number of piperidine rings is 1. The molecule has 4 nitrogen and oxygen atoms in total. The van der Waals surface area contributed by atoms with Crippen LogP contribution in [0.5, 0.6) is 0 Å². The number of rotatable bonds is 6. The minimum absolute atomic E-state index is 0.499. The summed E-state index contributed by atoms with van der Waals surface area (Å²) in [5.74, 6) is 0.639. The molecule has 0 saturated carbocycles. The van der Waals surface area contributed by atoms with Crippen molar-refractivity contribution in [3.05, 3.63) is 17.0 Å². The lowest BCUT2D eigenvalue weighted by atomic mass is 10.0. The van der Waals surface area contributed by atoms with E-state index in [4.69, 9.17) is 0 Å². The van der Waals surface area contributed by atoms with Crippen LogP contribution in [0.15, 0.2) is 16.3 Å². The van der Waals surface area contributed by atoms with Crippen LogP contribution in [0, 0.1) is 5.92 Å². The Hall–Kier alpha value is -0.430. The average Bonchev–Trinajstić information content (AvgIpc) is 2.89. The number of likely N-dealkylation sites (N-methyl/N-ethyl adjacent to an activating group) is 1. The number of hydrogen-bond donors (Lipinski definition) is 1. The predicted octanol–water partition coefficient (Wildman–Crippen LogP) is 2.32. The SMILES string of the molecule is CCNCCc1ccc(S(=O)(=O)N2CCC(C)CC2)s1. The summed E-state index contributed by atoms with van der Waals surface area (Å²) in [6.07, 6.45) is 2.83. The molecular formula is C14H24N2O2S2. The van der Waals surface area contributed by atoms with Gasteiger partial charge in [-0.2, -0.15) is 4.31 Å². The maximum atomic E-state index is 12.6. The second-order valence-electron chi connectivity index (χ2n) is 5.41. The lowest BCUT2D eigenvalue weighted by molar-refractivity contribution is 0.288. The van der Waals surface area contributed by atoms with Gasteiger partial charge < -0.3 is 5.32 Å². The van der Waals surface area contributed by atoms with Gasteiger partial charge in [-0.1, -0.05) is 13.8 Å². The molecule has 0 aromatic carbocycles. The van der Waals surface area contributed by atoms with Crippen LogP contribution in [0.3, 0.4) is 0 Å². The lowest BCUT2D eigenvalue weighted by Gasteiger charge is -2.28. The van der Waals surface area contributed by atoms with E-state index in [1.54, 1.807) is 10.4 Å². The Morgan fingerprint density at radius 2 is 2.05 bits per heavy atom. The Morgan fingerprint density at radius 3 is 2.70 bits per heavy atom. The number of sulfonamides is 1. The molecule has 1 aromatic rings. The monoisotopic (exact) mass is 316 g/mol. The van der Waals surface area contributed by atoms with Gasteiger partial charge in [0.25, 0.3) is 10.0 Å². The van der Waals surface area contributed by atoms with E-state index in [0.29, 0.717) is 23.2 Å². The Morgan fingerprint density at radius 1 is 1.35 bits per heavy atom. The highest BCUT2D eigenvalue weighted by molar-refractivity contribution is 7.91. The maximum absolute atomic E-state index is 12.6. The summed E-state index contributed by atoms with van der Waals surface area (Å²) in [5.41, 5.74) is 0. The highest BCUT2D eigenvalue weighted by Gasteiger charge is 2.29. The molecule has 1 saturated heterocycles. The van der Waals surface area contributed by atoms with Crippen molar-refractivity contribution >= 4 is 21.4 Å². The smallest absolute Gasteiger partial charge is 0.252 e. The Kier molecular flexibility index (Phi) is 5.60. The van der Waals surface area contributed by atoms with Gasteiger partial charge >= 0.3 is 0 Å². The van der Waals surface area contributed by atoms with Gasteiger partial charge in [0, 0.05) is 18.0 Å². The minimum atomic E-state index is -3.26. The van der Waals surface area contributed by atoms with Crippen molar-refractivity contribution < 1.29 is 8.42 Å². The normalized spacial score (nSPS) is 18.5. The van der Waals surface area contributed by atoms with Crippen LogP contribution in [0.4, 0.5) is 0 Å². The fourth-order valence-corrected chi connectivity index (χ4v) is 5.35. The van der Waals surface area contributed by atoms with E-state index in [-0.39, 0.29) is 0 Å². The van der Waals surface area contributed by atoms with Gasteiger partial charge in [0.05, 0.1) is 0 Å². The van der Waals surface area contributed by atoms with Crippen LogP contribution in [0.25, 0.3) is 0 Å². The molecule has 6 heteroatoms. The molecule has 2 rings (SSSR count). The van der Waals surface area contributed by atoms with E-state index in [2.05, 4.69) is 19.2 Å². The van der Waals surface area contributed by atoms with Crippen molar-refractivity contribution in [1.82, 2.24) is 9.62 Å². The summed E-state index contributed by atoms with van der Waals surface area (Å²) in [7, 11) is -3.26. The lowest BCUT2D eigenvalue weighted by Crippen LogP contribution is -2.37. The van der Waals surface area contributed by atoms with E-state index < -0.39 is 10.0 Å². The van der Waals surface area contributed by atoms with E-state index in [1.807, 2.05) is 6.07 Å². The number of hydrogen-bond acceptors (Lipinski definition) is 4. The van der Waals surface area contributed by atoms with Crippen molar-refractivity contribution in [3.63, 3.8) is 0 Å². The van der Waals surface area contributed by atoms with Gasteiger partial charge in [0.15, 0.2) is 0 Å². The quantitative estimate of drug-likeness (QED) is 0.820. The van der Waals surface area contributed by atoms with Crippen molar-refractivity contribution in [1.29, 1.82) is 0 Å². The molecule has 0 spiro atoms. The fourth-order valence-electron chi connectivity index (χ4n) is 2.37. The number of thiophene rings is 1. The van der Waals surface area contributed by atoms with Crippen molar-refractivity contribution in [3.8, 4) is 0 Å². The Balaban J connectivity index is 2.02. The molecule has 0 bridgehead atoms. The third-order valence-electron chi connectivity index (χ3n) is 3.77. The second-order valence-corrected chi connectivity index (χ2v) is 8.74. The van der Waals surface area contributed by atoms with Gasteiger partial charge in [-0.3, -0.25) is 0 Å². The fraction of sp³-hybridized carbons (Fsp3) is 0.714. The highest BCUT2D eigenvalue weighted by atomic mass is 32.2. The molecule has 0 radical (unpaired) electrons. The van der Waals surface area contributed by atoms with Crippen molar-refractivity contribution in [2.24, 2.45) is 5.92 Å². The molecule has 1 fully saturated rings. The molecular weight excluding hydrogens is 292 g/mol. The van der Waals surface area contributed by atoms with Gasteiger partial charge in [0.2, 0.25) is 0 Å². The average molecular weight is 316 g/mol. The molecule has 0 unspecified atom stereocenters. The molecule has 114 valence electrons. The molecule has 1 aromatic heterocycles. The van der Waals surface area contributed by atoms with Crippen molar-refractivity contribution in [2.75, 3.05) is 26.2 Å². The zero-order chi connectivity index (χ0) is 14.6. The summed E-state index contributed by atoms with van der Waals surface area (Å²) in [5, 5.41) is 3.26. The first-order valence-electron chi connectivity index (χ1n) is 7.33. The second kappa shape index (κ2) is 7.02. The first-order valence-corrected chi connectivity index (χ1v) is 9.59. The summed E-state index contributed by atoms with van der Waals surface area (Å²) in [6, 6.07) is 3.71. The van der Waals surface area contributed by atoms with Crippen LogP contribution in [-0.2, 0) is 16.4 Å². The maximum Gasteiger partial charge on any atom is 0.252 e. The summed E-state index contributed by atoms with van der Waals surface area (Å²) >= 11 is 1.42. The largest absolute Gasteiger partial charge is 0.317 e. The molecule has 0 atom stereocenters. The highest BCUT2D eigenvalue weighted by Crippen LogP contribution is 2.28. The standard InChI is InChI=1S/C14H24N2O2S2/c1-3-15-9-6-13-4-5-14(19-13)20(17,18)16-10-7-12(2)8-11-16/h4-5,12,15H,3,6-11H2,1-2H3. The third kappa shape index (κ3) is 3.81. The molecule has 1 aliphatic rings. The van der Waals surface area contributed by atoms with Gasteiger partial charge in [-0.05, 0) is 50.4 Å². The summed E-state index contributed by atoms with van der Waals surface area (Å²) < 4.78 is 27.3. The van der Waals surface area contributed by atoms with E-state index in [0.717, 1.165) is 37.2 Å². The van der Waals surface area contributed by atoms with Gasteiger partial charge in [-0.15, -0.1) is 11.3 Å². The predicted molar refractivity (Wildman–Crippen MR) is 83.7 cm³/mol. The van der Waals surface area contributed by atoms with Gasteiger partial charge in [0.1, 0.15) is 4.21 Å². The molecule has 1 aliphatic heterocycles. The van der Waals surface area contributed by atoms with E-state index in [9.17, 15) is 8.42 Å². The molecule has 0 aliphatic carbocycles. The Bertz CT molecular complexity index is 517. The van der Waals surface area contributed by atoms with Crippen LogP contribution < -0.4 is 5.32 Å².